The third-order valence-corrected chi connectivity index (χ3v) is 6.39. The summed E-state index contributed by atoms with van der Waals surface area (Å²) in [6, 6.07) is 23.8. The van der Waals surface area contributed by atoms with Crippen molar-refractivity contribution in [2.24, 2.45) is 0 Å². The Morgan fingerprint density at radius 2 is 1.82 bits per heavy atom. The molecule has 1 fully saturated rings. The first kappa shape index (κ1) is 21.1. The maximum absolute atomic E-state index is 13.3. The minimum absolute atomic E-state index is 0.0552. The number of urea groups is 1. The number of benzene rings is 2. The van der Waals surface area contributed by atoms with Crippen LogP contribution in [0.4, 0.5) is 4.79 Å². The van der Waals surface area contributed by atoms with Crippen molar-refractivity contribution >= 4 is 11.5 Å². The van der Waals surface area contributed by atoms with Crippen LogP contribution in [-0.2, 0) is 0 Å². The van der Waals surface area contributed by atoms with Crippen LogP contribution >= 0.6 is 0 Å². The Morgan fingerprint density at radius 3 is 2.64 bits per heavy atom. The summed E-state index contributed by atoms with van der Waals surface area (Å²) in [5.74, 6) is 1.66. The van der Waals surface area contributed by atoms with Gasteiger partial charge in [0.2, 0.25) is 0 Å². The molecule has 1 aliphatic rings. The van der Waals surface area contributed by atoms with Crippen LogP contribution in [0.15, 0.2) is 79.0 Å². The van der Waals surface area contributed by atoms with Gasteiger partial charge in [-0.05, 0) is 49.6 Å². The molecule has 2 aromatic carbocycles. The molecule has 6 nitrogen and oxygen atoms in total. The van der Waals surface area contributed by atoms with E-state index in [9.17, 15) is 4.79 Å². The third-order valence-electron chi connectivity index (χ3n) is 6.39. The van der Waals surface area contributed by atoms with Crippen LogP contribution in [0, 0.1) is 0 Å². The number of amides is 2. The topological polar surface area (TPSA) is 58.9 Å². The lowest BCUT2D eigenvalue weighted by Crippen LogP contribution is -2.41. The standard InChI is InChI=1S/C27H28N4O2/c1-19(20-11-4-3-5-12-20)28-27(32)31-18-10-15-23(31)26-29-25(22-14-8-9-17-30(22)26)21-13-6-7-16-24(21)33-2/h3-9,11-14,16-17,19,23H,10,15,18H2,1-2H3,(H,28,32)/t19?,23-/m0/s1. The average Bonchev–Trinajstić information content (AvgIpc) is 3.49. The first-order valence-electron chi connectivity index (χ1n) is 11.4. The van der Waals surface area contributed by atoms with Gasteiger partial charge in [-0.25, -0.2) is 9.78 Å². The lowest BCUT2D eigenvalue weighted by Gasteiger charge is -2.26. The summed E-state index contributed by atoms with van der Waals surface area (Å²) in [7, 11) is 1.68. The number of methoxy groups -OCH3 is 1. The molecule has 0 saturated carbocycles. The van der Waals surface area contributed by atoms with E-state index in [4.69, 9.17) is 9.72 Å². The summed E-state index contributed by atoms with van der Waals surface area (Å²) in [6.45, 7) is 2.73. The summed E-state index contributed by atoms with van der Waals surface area (Å²) >= 11 is 0. The summed E-state index contributed by atoms with van der Waals surface area (Å²) in [6.07, 6.45) is 3.85. The number of imidazole rings is 1. The predicted octanol–water partition coefficient (Wildman–Crippen LogP) is 5.62. The highest BCUT2D eigenvalue weighted by atomic mass is 16.5. The van der Waals surface area contributed by atoms with E-state index in [-0.39, 0.29) is 18.1 Å². The summed E-state index contributed by atoms with van der Waals surface area (Å²) < 4.78 is 7.71. The monoisotopic (exact) mass is 440 g/mol. The van der Waals surface area contributed by atoms with Crippen LogP contribution in [0.5, 0.6) is 5.75 Å². The van der Waals surface area contributed by atoms with Gasteiger partial charge < -0.3 is 19.4 Å². The van der Waals surface area contributed by atoms with E-state index in [0.29, 0.717) is 6.54 Å². The number of nitrogens with one attached hydrogen (secondary N) is 1. The molecular formula is C27H28N4O2. The largest absolute Gasteiger partial charge is 0.496 e. The molecule has 168 valence electrons. The van der Waals surface area contributed by atoms with Crippen molar-refractivity contribution in [3.8, 4) is 17.0 Å². The summed E-state index contributed by atoms with van der Waals surface area (Å²) in [5.41, 5.74) is 3.91. The maximum atomic E-state index is 13.3. The molecular weight excluding hydrogens is 412 g/mol. The Labute approximate surface area is 193 Å². The van der Waals surface area contributed by atoms with Gasteiger partial charge in [0.15, 0.2) is 0 Å². The Kier molecular flexibility index (Phi) is 5.73. The molecule has 4 aromatic rings. The van der Waals surface area contributed by atoms with E-state index in [2.05, 4.69) is 15.8 Å². The summed E-state index contributed by atoms with van der Waals surface area (Å²) in [5, 5.41) is 3.17. The number of aromatic nitrogens is 2. The van der Waals surface area contributed by atoms with E-state index in [1.54, 1.807) is 7.11 Å². The molecule has 3 heterocycles. The van der Waals surface area contributed by atoms with E-state index in [1.807, 2.05) is 84.8 Å². The van der Waals surface area contributed by atoms with Crippen molar-refractivity contribution in [3.63, 3.8) is 0 Å². The molecule has 2 aromatic heterocycles. The predicted molar refractivity (Wildman–Crippen MR) is 129 cm³/mol. The van der Waals surface area contributed by atoms with Gasteiger partial charge in [0.25, 0.3) is 0 Å². The quantitative estimate of drug-likeness (QED) is 0.438. The number of nitrogens with zero attached hydrogens (tertiary/aromatic N) is 3. The van der Waals surface area contributed by atoms with Gasteiger partial charge in [-0.1, -0.05) is 48.5 Å². The molecule has 0 aliphatic carbocycles. The number of fused-ring (bicyclic) bond motifs is 1. The van der Waals surface area contributed by atoms with Gasteiger partial charge in [-0.3, -0.25) is 0 Å². The second kappa shape index (κ2) is 8.98. The van der Waals surface area contributed by atoms with Gasteiger partial charge in [0, 0.05) is 18.3 Å². The maximum Gasteiger partial charge on any atom is 0.318 e. The molecule has 0 radical (unpaired) electrons. The molecule has 0 spiro atoms. The number of ether oxygens (including phenoxy) is 1. The minimum Gasteiger partial charge on any atom is -0.496 e. The lowest BCUT2D eigenvalue weighted by molar-refractivity contribution is 0.187. The second-order valence-electron chi connectivity index (χ2n) is 8.41. The Morgan fingerprint density at radius 1 is 1.06 bits per heavy atom. The number of pyridine rings is 1. The van der Waals surface area contributed by atoms with Crippen LogP contribution < -0.4 is 10.1 Å². The van der Waals surface area contributed by atoms with Crippen LogP contribution in [-0.4, -0.2) is 34.0 Å². The highest BCUT2D eigenvalue weighted by molar-refractivity contribution is 5.82. The van der Waals surface area contributed by atoms with Crippen molar-refractivity contribution in [2.45, 2.75) is 31.8 Å². The van der Waals surface area contributed by atoms with Crippen molar-refractivity contribution in [2.75, 3.05) is 13.7 Å². The molecule has 1 unspecified atom stereocenters. The normalized spacial score (nSPS) is 16.7. The summed E-state index contributed by atoms with van der Waals surface area (Å²) in [4.78, 5) is 20.3. The fourth-order valence-electron chi connectivity index (χ4n) is 4.71. The Hall–Kier alpha value is -3.80. The first-order valence-corrected chi connectivity index (χ1v) is 11.4. The highest BCUT2D eigenvalue weighted by Crippen LogP contribution is 2.37. The second-order valence-corrected chi connectivity index (χ2v) is 8.41. The van der Waals surface area contributed by atoms with E-state index < -0.39 is 0 Å². The zero-order chi connectivity index (χ0) is 22.8. The van der Waals surface area contributed by atoms with Gasteiger partial charge in [0.1, 0.15) is 17.3 Å². The van der Waals surface area contributed by atoms with Gasteiger partial charge in [0.05, 0.1) is 24.7 Å². The first-order chi connectivity index (χ1) is 16.2. The van der Waals surface area contributed by atoms with Crippen LogP contribution in [0.2, 0.25) is 0 Å². The molecule has 5 rings (SSSR count). The fraction of sp³-hybridized carbons (Fsp3) is 0.259. The fourth-order valence-corrected chi connectivity index (χ4v) is 4.71. The number of carbonyl (C=O) groups excluding carboxylic acids is 1. The number of para-hydroxylation sites is 1. The third kappa shape index (κ3) is 3.93. The molecule has 0 bridgehead atoms. The number of hydrogen-bond acceptors (Lipinski definition) is 3. The van der Waals surface area contributed by atoms with Crippen molar-refractivity contribution in [3.05, 3.63) is 90.4 Å². The lowest BCUT2D eigenvalue weighted by atomic mass is 10.1. The number of carbonyl (C=O) groups is 1. The zero-order valence-electron chi connectivity index (χ0n) is 18.9. The van der Waals surface area contributed by atoms with E-state index in [1.165, 1.54) is 0 Å². The van der Waals surface area contributed by atoms with E-state index in [0.717, 1.165) is 46.8 Å². The van der Waals surface area contributed by atoms with Crippen LogP contribution in [0.3, 0.4) is 0 Å². The highest BCUT2D eigenvalue weighted by Gasteiger charge is 2.34. The SMILES string of the molecule is COc1ccccc1-c1nc([C@@H]2CCCN2C(=O)NC(C)c2ccccc2)n2ccccc12. The number of rotatable bonds is 5. The molecule has 1 aliphatic heterocycles. The van der Waals surface area contributed by atoms with Gasteiger partial charge in [-0.2, -0.15) is 0 Å². The van der Waals surface area contributed by atoms with Crippen molar-refractivity contribution < 1.29 is 9.53 Å². The number of hydrogen-bond donors (Lipinski definition) is 1. The van der Waals surface area contributed by atoms with Crippen LogP contribution in [0.1, 0.15) is 43.2 Å². The van der Waals surface area contributed by atoms with Gasteiger partial charge >= 0.3 is 6.03 Å². The minimum atomic E-state index is -0.0914. The molecule has 2 atom stereocenters. The van der Waals surface area contributed by atoms with Crippen molar-refractivity contribution in [1.82, 2.24) is 19.6 Å². The molecule has 2 amide bonds. The van der Waals surface area contributed by atoms with Crippen molar-refractivity contribution in [1.29, 1.82) is 0 Å². The zero-order valence-corrected chi connectivity index (χ0v) is 18.9. The van der Waals surface area contributed by atoms with Crippen LogP contribution in [0.25, 0.3) is 16.8 Å². The molecule has 1 saturated heterocycles. The molecule has 33 heavy (non-hydrogen) atoms. The Bertz CT molecular complexity index is 1270. The smallest absolute Gasteiger partial charge is 0.318 e. The average molecular weight is 441 g/mol. The van der Waals surface area contributed by atoms with E-state index >= 15 is 0 Å². The molecule has 1 N–H and O–H groups in total. The Balaban J connectivity index is 1.49. The van der Waals surface area contributed by atoms with Gasteiger partial charge in [-0.15, -0.1) is 0 Å². The number of likely N-dealkylation sites (tertiary alicyclic amines) is 1. The molecule has 6 heteroatoms.